The van der Waals surface area contributed by atoms with Crippen LogP contribution in [0.25, 0.3) is 11.4 Å². The standard InChI is InChI=1S/C17H13N7O2/c18-9-12-5-1-3-7-14(12)17-21-23-24(22-17)11-16(26)20-19-10-13-6-2-4-8-15(13)25/h1-8,10,25H,11H2,(H,20,26)/b19-10-. The van der Waals surface area contributed by atoms with Crippen LogP contribution in [0.1, 0.15) is 11.1 Å². The number of hydrogen-bond donors (Lipinski definition) is 2. The number of phenols is 1. The zero-order valence-corrected chi connectivity index (χ0v) is 13.4. The molecule has 3 aromatic rings. The smallest absolute Gasteiger partial charge is 0.263 e. The summed E-state index contributed by atoms with van der Waals surface area (Å²) in [6, 6.07) is 15.5. The van der Waals surface area contributed by atoms with Gasteiger partial charge in [-0.05, 0) is 29.5 Å². The van der Waals surface area contributed by atoms with Crippen molar-refractivity contribution in [3.8, 4) is 23.2 Å². The minimum atomic E-state index is -0.464. The summed E-state index contributed by atoms with van der Waals surface area (Å²) in [4.78, 5) is 13.0. The molecule has 0 atom stereocenters. The van der Waals surface area contributed by atoms with Gasteiger partial charge in [0.25, 0.3) is 5.91 Å². The van der Waals surface area contributed by atoms with Crippen LogP contribution < -0.4 is 5.43 Å². The van der Waals surface area contributed by atoms with Crippen molar-refractivity contribution >= 4 is 12.1 Å². The first-order valence-electron chi connectivity index (χ1n) is 7.54. The summed E-state index contributed by atoms with van der Waals surface area (Å²) < 4.78 is 0. The van der Waals surface area contributed by atoms with Gasteiger partial charge in [0.2, 0.25) is 5.82 Å². The highest BCUT2D eigenvalue weighted by atomic mass is 16.3. The fraction of sp³-hybridized carbons (Fsp3) is 0.0588. The maximum absolute atomic E-state index is 11.9. The molecular formula is C17H13N7O2. The number of phenolic OH excluding ortho intramolecular Hbond substituents is 1. The molecule has 2 aromatic carbocycles. The molecule has 1 amide bonds. The molecule has 0 aliphatic rings. The average Bonchev–Trinajstić information content (AvgIpc) is 3.11. The first-order valence-corrected chi connectivity index (χ1v) is 7.54. The lowest BCUT2D eigenvalue weighted by Crippen LogP contribution is -2.24. The summed E-state index contributed by atoms with van der Waals surface area (Å²) in [5, 5.41) is 34.3. The number of aromatic hydroxyl groups is 1. The molecule has 128 valence electrons. The Hall–Kier alpha value is -4.06. The number of hydrazone groups is 1. The van der Waals surface area contributed by atoms with Crippen LogP contribution in [-0.4, -0.2) is 37.4 Å². The molecule has 0 aliphatic heterocycles. The summed E-state index contributed by atoms with van der Waals surface area (Å²) in [5.41, 5.74) is 3.75. The number of hydrogen-bond acceptors (Lipinski definition) is 7. The van der Waals surface area contributed by atoms with Crippen LogP contribution in [0.3, 0.4) is 0 Å². The summed E-state index contributed by atoms with van der Waals surface area (Å²) in [5.74, 6) is -0.147. The molecule has 0 bridgehead atoms. The Morgan fingerprint density at radius 3 is 2.85 bits per heavy atom. The SMILES string of the molecule is N#Cc1ccccc1-c1nnn(CC(=O)N/N=C\c2ccccc2O)n1. The fourth-order valence-corrected chi connectivity index (χ4v) is 2.13. The summed E-state index contributed by atoms with van der Waals surface area (Å²) >= 11 is 0. The van der Waals surface area contributed by atoms with E-state index in [2.05, 4.69) is 32.0 Å². The molecule has 0 fully saturated rings. The normalized spacial score (nSPS) is 10.6. The molecule has 0 aliphatic carbocycles. The van der Waals surface area contributed by atoms with Crippen LogP contribution >= 0.6 is 0 Å². The van der Waals surface area contributed by atoms with E-state index in [1.165, 1.54) is 12.3 Å². The van der Waals surface area contributed by atoms with Gasteiger partial charge in [-0.25, -0.2) is 5.43 Å². The van der Waals surface area contributed by atoms with E-state index in [0.29, 0.717) is 16.7 Å². The molecule has 3 rings (SSSR count). The van der Waals surface area contributed by atoms with Crippen molar-refractivity contribution in [2.75, 3.05) is 0 Å². The Kier molecular flexibility index (Phi) is 4.95. The number of amides is 1. The molecule has 9 heteroatoms. The van der Waals surface area contributed by atoms with Gasteiger partial charge in [-0.1, -0.05) is 24.3 Å². The number of rotatable bonds is 5. The third-order valence-corrected chi connectivity index (χ3v) is 3.36. The zero-order valence-electron chi connectivity index (χ0n) is 13.4. The van der Waals surface area contributed by atoms with Gasteiger partial charge in [-0.3, -0.25) is 4.79 Å². The van der Waals surface area contributed by atoms with Crippen molar-refractivity contribution in [1.29, 1.82) is 5.26 Å². The van der Waals surface area contributed by atoms with Crippen LogP contribution in [0, 0.1) is 11.3 Å². The van der Waals surface area contributed by atoms with Gasteiger partial charge in [-0.2, -0.15) is 15.2 Å². The summed E-state index contributed by atoms with van der Waals surface area (Å²) in [6.45, 7) is -0.195. The minimum absolute atomic E-state index is 0.0595. The van der Waals surface area contributed by atoms with Gasteiger partial charge in [0.05, 0.1) is 17.8 Å². The highest BCUT2D eigenvalue weighted by Gasteiger charge is 2.12. The third kappa shape index (κ3) is 3.88. The molecule has 0 saturated heterocycles. The van der Waals surface area contributed by atoms with Gasteiger partial charge in [0.1, 0.15) is 12.3 Å². The second-order valence-corrected chi connectivity index (χ2v) is 5.15. The van der Waals surface area contributed by atoms with E-state index in [1.54, 1.807) is 42.5 Å². The largest absolute Gasteiger partial charge is 0.507 e. The van der Waals surface area contributed by atoms with E-state index < -0.39 is 5.91 Å². The lowest BCUT2D eigenvalue weighted by Gasteiger charge is -1.99. The van der Waals surface area contributed by atoms with Gasteiger partial charge in [0.15, 0.2) is 0 Å². The van der Waals surface area contributed by atoms with Crippen LogP contribution in [0.15, 0.2) is 53.6 Å². The monoisotopic (exact) mass is 347 g/mol. The summed E-state index contributed by atoms with van der Waals surface area (Å²) in [7, 11) is 0. The molecule has 2 N–H and O–H groups in total. The molecule has 1 aromatic heterocycles. The van der Waals surface area contributed by atoms with Crippen molar-refractivity contribution in [3.05, 3.63) is 59.7 Å². The number of aromatic nitrogens is 4. The first-order chi connectivity index (χ1) is 12.7. The maximum Gasteiger partial charge on any atom is 0.263 e. The number of benzene rings is 2. The van der Waals surface area contributed by atoms with Crippen LogP contribution in [-0.2, 0) is 11.3 Å². The van der Waals surface area contributed by atoms with Gasteiger partial charge in [-0.15, -0.1) is 10.2 Å². The highest BCUT2D eigenvalue weighted by molar-refractivity contribution is 5.84. The lowest BCUT2D eigenvalue weighted by molar-refractivity contribution is -0.122. The second-order valence-electron chi connectivity index (χ2n) is 5.15. The predicted octanol–water partition coefficient (Wildman–Crippen LogP) is 1.07. The molecule has 0 saturated carbocycles. The van der Waals surface area contributed by atoms with Crippen molar-refractivity contribution in [3.63, 3.8) is 0 Å². The van der Waals surface area contributed by atoms with Crippen molar-refractivity contribution < 1.29 is 9.90 Å². The van der Waals surface area contributed by atoms with Crippen molar-refractivity contribution in [2.24, 2.45) is 5.10 Å². The summed E-state index contributed by atoms with van der Waals surface area (Å²) in [6.07, 6.45) is 1.33. The Balaban J connectivity index is 1.63. The van der Waals surface area contributed by atoms with Crippen molar-refractivity contribution in [2.45, 2.75) is 6.54 Å². The molecule has 0 radical (unpaired) electrons. The first kappa shape index (κ1) is 16.8. The number of nitrogens with one attached hydrogen (secondary N) is 1. The van der Waals surface area contributed by atoms with Gasteiger partial charge in [0, 0.05) is 11.1 Å². The zero-order chi connectivity index (χ0) is 18.4. The average molecular weight is 347 g/mol. The number of carbonyl (C=O) groups excluding carboxylic acids is 1. The molecule has 26 heavy (non-hydrogen) atoms. The minimum Gasteiger partial charge on any atom is -0.507 e. The fourth-order valence-electron chi connectivity index (χ4n) is 2.13. The molecular weight excluding hydrogens is 334 g/mol. The van der Waals surface area contributed by atoms with E-state index in [-0.39, 0.29) is 18.1 Å². The van der Waals surface area contributed by atoms with Crippen LogP contribution in [0.5, 0.6) is 5.75 Å². The van der Waals surface area contributed by atoms with E-state index in [4.69, 9.17) is 5.26 Å². The van der Waals surface area contributed by atoms with Crippen LogP contribution in [0.2, 0.25) is 0 Å². The van der Waals surface area contributed by atoms with E-state index in [9.17, 15) is 9.90 Å². The molecule has 0 spiro atoms. The van der Waals surface area contributed by atoms with Crippen molar-refractivity contribution in [1.82, 2.24) is 25.6 Å². The third-order valence-electron chi connectivity index (χ3n) is 3.36. The van der Waals surface area contributed by atoms with Crippen LogP contribution in [0.4, 0.5) is 0 Å². The Bertz CT molecular complexity index is 1000. The highest BCUT2D eigenvalue weighted by Crippen LogP contribution is 2.18. The van der Waals surface area contributed by atoms with Gasteiger partial charge >= 0.3 is 0 Å². The van der Waals surface area contributed by atoms with E-state index >= 15 is 0 Å². The Labute approximate surface area is 148 Å². The topological polar surface area (TPSA) is 129 Å². The van der Waals surface area contributed by atoms with E-state index in [0.717, 1.165) is 4.80 Å². The quantitative estimate of drug-likeness (QED) is 0.524. The number of tetrazole rings is 1. The molecule has 1 heterocycles. The number of nitriles is 1. The number of carbonyl (C=O) groups is 1. The molecule has 9 nitrogen and oxygen atoms in total. The lowest BCUT2D eigenvalue weighted by atomic mass is 10.1. The Morgan fingerprint density at radius 2 is 2.04 bits per heavy atom. The maximum atomic E-state index is 11.9. The van der Waals surface area contributed by atoms with Gasteiger partial charge < -0.3 is 5.11 Å². The number of nitrogens with zero attached hydrogens (tertiary/aromatic N) is 6. The number of para-hydroxylation sites is 1. The predicted molar refractivity (Wildman–Crippen MR) is 91.8 cm³/mol. The second kappa shape index (κ2) is 7.67. The molecule has 0 unspecified atom stereocenters. The van der Waals surface area contributed by atoms with E-state index in [1.807, 2.05) is 0 Å². The Morgan fingerprint density at radius 1 is 1.27 bits per heavy atom.